The second-order valence-corrected chi connectivity index (χ2v) is 8.50. The normalized spacial score (nSPS) is 15.6. The summed E-state index contributed by atoms with van der Waals surface area (Å²) < 4.78 is 2.01. The van der Waals surface area contributed by atoms with Crippen LogP contribution in [0.25, 0.3) is 5.69 Å². The lowest BCUT2D eigenvalue weighted by atomic mass is 9.91. The Hall–Kier alpha value is -2.56. The monoisotopic (exact) mass is 367 g/mol. The molecule has 1 fully saturated rings. The Morgan fingerprint density at radius 2 is 1.63 bits per heavy atom. The number of aromatic nitrogens is 1. The predicted octanol–water partition coefficient (Wildman–Crippen LogP) is 3.63. The summed E-state index contributed by atoms with van der Waals surface area (Å²) in [6.45, 7) is 7.68. The van der Waals surface area contributed by atoms with Gasteiger partial charge in [0.25, 0.3) is 5.91 Å². The highest BCUT2D eigenvalue weighted by atomic mass is 16.2. The van der Waals surface area contributed by atoms with Crippen LogP contribution in [0.3, 0.4) is 0 Å². The van der Waals surface area contributed by atoms with Gasteiger partial charge in [0.15, 0.2) is 0 Å². The van der Waals surface area contributed by atoms with E-state index in [4.69, 9.17) is 0 Å². The molecule has 1 aliphatic heterocycles. The van der Waals surface area contributed by atoms with Crippen LogP contribution < -0.4 is 5.32 Å². The molecule has 3 rings (SSSR count). The van der Waals surface area contributed by atoms with E-state index in [0.717, 1.165) is 18.5 Å². The minimum Gasteiger partial charge on any atom is -0.349 e. The maximum absolute atomic E-state index is 12.5. The van der Waals surface area contributed by atoms with Crippen LogP contribution in [0.1, 0.15) is 50.4 Å². The van der Waals surface area contributed by atoms with Crippen molar-refractivity contribution in [3.05, 3.63) is 54.4 Å². The molecule has 0 radical (unpaired) electrons. The van der Waals surface area contributed by atoms with Crippen molar-refractivity contribution in [3.8, 4) is 5.69 Å². The zero-order valence-electron chi connectivity index (χ0n) is 16.4. The summed E-state index contributed by atoms with van der Waals surface area (Å²) in [4.78, 5) is 26.8. The molecule has 5 nitrogen and oxygen atoms in total. The van der Waals surface area contributed by atoms with Crippen molar-refractivity contribution >= 4 is 11.8 Å². The maximum Gasteiger partial charge on any atom is 0.251 e. The van der Waals surface area contributed by atoms with Crippen LogP contribution in [0.15, 0.2) is 48.8 Å². The SMILES string of the molecule is CC(C)(C)CC(=O)N1CCC(NC(=O)c2ccc(-n3cccc3)cc2)CC1. The highest BCUT2D eigenvalue weighted by Crippen LogP contribution is 2.22. The summed E-state index contributed by atoms with van der Waals surface area (Å²) >= 11 is 0. The molecule has 2 aromatic rings. The second kappa shape index (κ2) is 7.99. The standard InChI is InChI=1S/C22H29N3O2/c1-22(2,3)16-20(26)25-14-10-18(11-15-25)23-21(27)17-6-8-19(9-7-17)24-12-4-5-13-24/h4-9,12-13,18H,10-11,14-16H2,1-3H3,(H,23,27). The van der Waals surface area contributed by atoms with Crippen molar-refractivity contribution in [2.24, 2.45) is 5.41 Å². The molecule has 0 spiro atoms. The average molecular weight is 367 g/mol. The van der Waals surface area contributed by atoms with Gasteiger partial charge in [-0.15, -0.1) is 0 Å². The number of hydrogen-bond acceptors (Lipinski definition) is 2. The van der Waals surface area contributed by atoms with Gasteiger partial charge < -0.3 is 14.8 Å². The third kappa shape index (κ3) is 5.22. The van der Waals surface area contributed by atoms with Crippen molar-refractivity contribution in [1.82, 2.24) is 14.8 Å². The molecule has 2 amide bonds. The molecule has 1 N–H and O–H groups in total. The quantitative estimate of drug-likeness (QED) is 0.897. The molecule has 1 aromatic carbocycles. The minimum absolute atomic E-state index is 0.00889. The third-order valence-electron chi connectivity index (χ3n) is 4.90. The average Bonchev–Trinajstić information content (AvgIpc) is 3.15. The molecular weight excluding hydrogens is 338 g/mol. The molecule has 0 saturated carbocycles. The van der Waals surface area contributed by atoms with Gasteiger partial charge in [-0.1, -0.05) is 20.8 Å². The van der Waals surface area contributed by atoms with E-state index < -0.39 is 0 Å². The van der Waals surface area contributed by atoms with Crippen molar-refractivity contribution in [3.63, 3.8) is 0 Å². The van der Waals surface area contributed by atoms with Crippen LogP contribution in [0.5, 0.6) is 0 Å². The van der Waals surface area contributed by atoms with Crippen molar-refractivity contribution in [2.75, 3.05) is 13.1 Å². The van der Waals surface area contributed by atoms with E-state index >= 15 is 0 Å². The van der Waals surface area contributed by atoms with Gasteiger partial charge >= 0.3 is 0 Å². The number of piperidine rings is 1. The van der Waals surface area contributed by atoms with Gasteiger partial charge in [0.2, 0.25) is 5.91 Å². The van der Waals surface area contributed by atoms with E-state index in [1.165, 1.54) is 0 Å². The summed E-state index contributed by atoms with van der Waals surface area (Å²) in [7, 11) is 0. The van der Waals surface area contributed by atoms with Gasteiger partial charge in [-0.25, -0.2) is 0 Å². The second-order valence-electron chi connectivity index (χ2n) is 8.50. The van der Waals surface area contributed by atoms with Gasteiger partial charge in [-0.2, -0.15) is 0 Å². The van der Waals surface area contributed by atoms with Gasteiger partial charge in [0.05, 0.1) is 0 Å². The molecule has 5 heteroatoms. The number of rotatable bonds is 4. The zero-order chi connectivity index (χ0) is 19.4. The molecule has 2 heterocycles. The zero-order valence-corrected chi connectivity index (χ0v) is 16.4. The Morgan fingerprint density at radius 1 is 1.04 bits per heavy atom. The number of nitrogens with zero attached hydrogens (tertiary/aromatic N) is 2. The van der Waals surface area contributed by atoms with E-state index in [-0.39, 0.29) is 23.3 Å². The van der Waals surface area contributed by atoms with E-state index in [0.29, 0.717) is 25.1 Å². The lowest BCUT2D eigenvalue weighted by Crippen LogP contribution is -2.47. The van der Waals surface area contributed by atoms with Crippen LogP contribution in [0, 0.1) is 5.41 Å². The van der Waals surface area contributed by atoms with Crippen molar-refractivity contribution in [1.29, 1.82) is 0 Å². The first-order valence-corrected chi connectivity index (χ1v) is 9.64. The molecule has 144 valence electrons. The third-order valence-corrected chi connectivity index (χ3v) is 4.90. The fourth-order valence-electron chi connectivity index (χ4n) is 3.40. The molecule has 0 aliphatic carbocycles. The predicted molar refractivity (Wildman–Crippen MR) is 107 cm³/mol. The summed E-state index contributed by atoms with van der Waals surface area (Å²) in [5, 5.41) is 3.11. The lowest BCUT2D eigenvalue weighted by Gasteiger charge is -2.34. The number of carbonyl (C=O) groups excluding carboxylic acids is 2. The summed E-state index contributed by atoms with van der Waals surface area (Å²) in [6, 6.07) is 11.7. The van der Waals surface area contributed by atoms with Crippen LogP contribution >= 0.6 is 0 Å². The van der Waals surface area contributed by atoms with Gasteiger partial charge in [0, 0.05) is 49.2 Å². The van der Waals surface area contributed by atoms with E-state index in [9.17, 15) is 9.59 Å². The van der Waals surface area contributed by atoms with Crippen molar-refractivity contribution in [2.45, 2.75) is 46.1 Å². The Balaban J connectivity index is 1.50. The summed E-state index contributed by atoms with van der Waals surface area (Å²) in [5.41, 5.74) is 1.70. The molecule has 1 aliphatic rings. The molecule has 0 bridgehead atoms. The van der Waals surface area contributed by atoms with E-state index in [1.54, 1.807) is 0 Å². The highest BCUT2D eigenvalue weighted by molar-refractivity contribution is 5.94. The first-order chi connectivity index (χ1) is 12.8. The fraction of sp³-hybridized carbons (Fsp3) is 0.455. The number of amides is 2. The highest BCUT2D eigenvalue weighted by Gasteiger charge is 2.26. The number of benzene rings is 1. The molecule has 1 saturated heterocycles. The molecule has 0 atom stereocenters. The Labute approximate surface area is 161 Å². The fourth-order valence-corrected chi connectivity index (χ4v) is 3.40. The van der Waals surface area contributed by atoms with Crippen LogP contribution in [0.2, 0.25) is 0 Å². The smallest absolute Gasteiger partial charge is 0.251 e. The van der Waals surface area contributed by atoms with E-state index in [1.807, 2.05) is 58.3 Å². The first kappa shape index (κ1) is 19.2. The number of hydrogen-bond donors (Lipinski definition) is 1. The molecule has 1 aromatic heterocycles. The first-order valence-electron chi connectivity index (χ1n) is 9.64. The summed E-state index contributed by atoms with van der Waals surface area (Å²) in [5.74, 6) is 0.168. The summed E-state index contributed by atoms with van der Waals surface area (Å²) in [6.07, 6.45) is 6.14. The Morgan fingerprint density at radius 3 is 2.19 bits per heavy atom. The Kier molecular flexibility index (Phi) is 5.68. The van der Waals surface area contributed by atoms with Gasteiger partial charge in [0.1, 0.15) is 0 Å². The van der Waals surface area contributed by atoms with E-state index in [2.05, 4.69) is 26.1 Å². The molecule has 27 heavy (non-hydrogen) atoms. The van der Waals surface area contributed by atoms with Crippen LogP contribution in [-0.4, -0.2) is 40.4 Å². The number of likely N-dealkylation sites (tertiary alicyclic amines) is 1. The maximum atomic E-state index is 12.5. The van der Waals surface area contributed by atoms with Crippen LogP contribution in [-0.2, 0) is 4.79 Å². The minimum atomic E-state index is -0.0477. The lowest BCUT2D eigenvalue weighted by molar-refractivity contribution is -0.134. The molecular formula is C22H29N3O2. The van der Waals surface area contributed by atoms with Crippen molar-refractivity contribution < 1.29 is 9.59 Å². The molecule has 0 unspecified atom stereocenters. The van der Waals surface area contributed by atoms with Gasteiger partial charge in [-0.3, -0.25) is 9.59 Å². The number of nitrogens with one attached hydrogen (secondary N) is 1. The van der Waals surface area contributed by atoms with Gasteiger partial charge in [-0.05, 0) is 54.7 Å². The number of carbonyl (C=O) groups is 2. The Bertz CT molecular complexity index is 765. The largest absolute Gasteiger partial charge is 0.349 e. The van der Waals surface area contributed by atoms with Crippen LogP contribution in [0.4, 0.5) is 0 Å². The topological polar surface area (TPSA) is 54.3 Å².